The molecule has 0 unspecified atom stereocenters. The largest absolute Gasteiger partial charge is 0.494 e. The predicted octanol–water partition coefficient (Wildman–Crippen LogP) is 5.53. The molecule has 1 aliphatic rings. The van der Waals surface area contributed by atoms with Crippen LogP contribution in [0.15, 0.2) is 78.9 Å². The van der Waals surface area contributed by atoms with E-state index in [4.69, 9.17) is 4.74 Å². The van der Waals surface area contributed by atoms with E-state index in [1.807, 2.05) is 42.2 Å². The van der Waals surface area contributed by atoms with Crippen molar-refractivity contribution < 1.29 is 13.9 Å². The zero-order valence-corrected chi connectivity index (χ0v) is 19.1. The second-order valence-electron chi connectivity index (χ2n) is 8.51. The zero-order valence-electron chi connectivity index (χ0n) is 19.1. The molecule has 5 heteroatoms. The van der Waals surface area contributed by atoms with E-state index in [1.165, 1.54) is 17.7 Å². The number of hydrogen-bond donors (Lipinski definition) is 0. The van der Waals surface area contributed by atoms with Gasteiger partial charge in [-0.05, 0) is 61.2 Å². The summed E-state index contributed by atoms with van der Waals surface area (Å²) >= 11 is 0. The van der Waals surface area contributed by atoms with Crippen LogP contribution in [0.4, 0.5) is 4.39 Å². The predicted molar refractivity (Wildman–Crippen MR) is 129 cm³/mol. The molecule has 0 atom stereocenters. The highest BCUT2D eigenvalue weighted by Crippen LogP contribution is 2.24. The van der Waals surface area contributed by atoms with Gasteiger partial charge in [0.15, 0.2) is 0 Å². The summed E-state index contributed by atoms with van der Waals surface area (Å²) in [5, 5.41) is 0. The van der Waals surface area contributed by atoms with Gasteiger partial charge in [0, 0.05) is 37.8 Å². The summed E-state index contributed by atoms with van der Waals surface area (Å²) in [6.07, 6.45) is 1.79. The van der Waals surface area contributed by atoms with Gasteiger partial charge in [0.2, 0.25) is 0 Å². The lowest BCUT2D eigenvalue weighted by Crippen LogP contribution is -2.46. The monoisotopic (exact) mass is 446 g/mol. The number of carbonyl (C=O) groups excluding carboxylic acids is 1. The maximum absolute atomic E-state index is 13.8. The van der Waals surface area contributed by atoms with Gasteiger partial charge in [-0.25, -0.2) is 4.39 Å². The summed E-state index contributed by atoms with van der Waals surface area (Å²) in [5.74, 6) is 0.308. The Morgan fingerprint density at radius 3 is 2.36 bits per heavy atom. The number of halogens is 1. The van der Waals surface area contributed by atoms with Crippen molar-refractivity contribution in [3.05, 3.63) is 101 Å². The maximum atomic E-state index is 13.8. The maximum Gasteiger partial charge on any atom is 0.254 e. The van der Waals surface area contributed by atoms with Crippen LogP contribution >= 0.6 is 0 Å². The second-order valence-corrected chi connectivity index (χ2v) is 8.51. The summed E-state index contributed by atoms with van der Waals surface area (Å²) in [6, 6.07) is 24.5. The smallest absolute Gasteiger partial charge is 0.254 e. The topological polar surface area (TPSA) is 32.8 Å². The van der Waals surface area contributed by atoms with Crippen LogP contribution in [0.3, 0.4) is 0 Å². The lowest BCUT2D eigenvalue weighted by molar-refractivity contribution is 0.0542. The molecule has 1 saturated heterocycles. The van der Waals surface area contributed by atoms with Gasteiger partial charge < -0.3 is 9.64 Å². The van der Waals surface area contributed by atoms with Crippen molar-refractivity contribution in [1.29, 1.82) is 0 Å². The minimum atomic E-state index is -0.389. The summed E-state index contributed by atoms with van der Waals surface area (Å²) < 4.78 is 19.4. The molecule has 1 heterocycles. The van der Waals surface area contributed by atoms with Crippen molar-refractivity contribution in [1.82, 2.24) is 9.80 Å². The summed E-state index contributed by atoms with van der Waals surface area (Å²) in [6.45, 7) is 5.84. The Morgan fingerprint density at radius 1 is 0.970 bits per heavy atom. The third-order valence-electron chi connectivity index (χ3n) is 6.17. The van der Waals surface area contributed by atoms with Crippen molar-refractivity contribution in [3.63, 3.8) is 0 Å². The molecular formula is C28H31FN2O2. The molecule has 0 spiro atoms. The first-order valence-corrected chi connectivity index (χ1v) is 11.7. The first kappa shape index (κ1) is 23.0. The Kier molecular flexibility index (Phi) is 7.74. The van der Waals surface area contributed by atoms with E-state index in [1.54, 1.807) is 12.1 Å². The first-order valence-electron chi connectivity index (χ1n) is 11.7. The number of hydrogen-bond acceptors (Lipinski definition) is 3. The van der Waals surface area contributed by atoms with Crippen LogP contribution in [0.2, 0.25) is 0 Å². The molecule has 4 rings (SSSR count). The molecule has 1 aliphatic heterocycles. The number of amides is 1. The summed E-state index contributed by atoms with van der Waals surface area (Å²) in [4.78, 5) is 17.8. The molecule has 172 valence electrons. The molecule has 3 aromatic rings. The molecule has 0 N–H and O–H groups in total. The van der Waals surface area contributed by atoms with Crippen molar-refractivity contribution in [2.45, 2.75) is 38.9 Å². The van der Waals surface area contributed by atoms with Gasteiger partial charge in [-0.15, -0.1) is 0 Å². The average Bonchev–Trinajstić information content (AvgIpc) is 2.85. The highest BCUT2D eigenvalue weighted by atomic mass is 19.1. The van der Waals surface area contributed by atoms with Crippen molar-refractivity contribution >= 4 is 5.91 Å². The third kappa shape index (κ3) is 6.20. The van der Waals surface area contributed by atoms with E-state index in [0.717, 1.165) is 43.8 Å². The van der Waals surface area contributed by atoms with Crippen LogP contribution in [0, 0.1) is 5.82 Å². The van der Waals surface area contributed by atoms with Gasteiger partial charge >= 0.3 is 0 Å². The van der Waals surface area contributed by atoms with Crippen LogP contribution in [0.25, 0.3) is 0 Å². The average molecular weight is 447 g/mol. The number of carbonyl (C=O) groups is 1. The number of likely N-dealkylation sites (tertiary alicyclic amines) is 1. The number of rotatable bonds is 8. The number of nitrogens with zero attached hydrogens (tertiary/aromatic N) is 2. The third-order valence-corrected chi connectivity index (χ3v) is 6.17. The van der Waals surface area contributed by atoms with E-state index < -0.39 is 0 Å². The van der Waals surface area contributed by atoms with E-state index >= 15 is 0 Å². The SMILES string of the molecule is CCOc1ccc(CN(C(=O)c2cccc(F)c2)C2CCN(Cc3ccccc3)CC2)cc1. The first-order chi connectivity index (χ1) is 16.1. The minimum absolute atomic E-state index is 0.111. The fourth-order valence-corrected chi connectivity index (χ4v) is 4.44. The molecule has 0 bridgehead atoms. The van der Waals surface area contributed by atoms with Crippen LogP contribution in [0.1, 0.15) is 41.3 Å². The van der Waals surface area contributed by atoms with Gasteiger partial charge in [0.05, 0.1) is 6.61 Å². The number of benzene rings is 3. The highest BCUT2D eigenvalue weighted by Gasteiger charge is 2.29. The molecule has 1 fully saturated rings. The Labute approximate surface area is 195 Å². The fraction of sp³-hybridized carbons (Fsp3) is 0.321. The van der Waals surface area contributed by atoms with Crippen molar-refractivity contribution in [3.8, 4) is 5.75 Å². The van der Waals surface area contributed by atoms with E-state index in [-0.39, 0.29) is 17.8 Å². The molecule has 0 radical (unpaired) electrons. The number of ether oxygens (including phenoxy) is 1. The van der Waals surface area contributed by atoms with Crippen molar-refractivity contribution in [2.24, 2.45) is 0 Å². The summed E-state index contributed by atoms with van der Waals surface area (Å²) in [7, 11) is 0. The molecule has 0 saturated carbocycles. The molecule has 0 aromatic heterocycles. The fourth-order valence-electron chi connectivity index (χ4n) is 4.44. The molecule has 33 heavy (non-hydrogen) atoms. The Morgan fingerprint density at radius 2 is 1.70 bits per heavy atom. The second kappa shape index (κ2) is 11.1. The van der Waals surface area contributed by atoms with Gasteiger partial charge in [0.25, 0.3) is 5.91 Å². The molecule has 4 nitrogen and oxygen atoms in total. The normalized spacial score (nSPS) is 14.7. The standard InChI is InChI=1S/C28H31FN2O2/c1-2-33-27-13-11-23(12-14-27)21-31(28(32)24-9-6-10-25(29)19-24)26-15-17-30(18-16-26)20-22-7-4-3-5-8-22/h3-14,19,26H,2,15-18,20-21H2,1H3. The Bertz CT molecular complexity index is 1030. The van der Waals surface area contributed by atoms with Gasteiger partial charge in [0.1, 0.15) is 11.6 Å². The van der Waals surface area contributed by atoms with E-state index in [9.17, 15) is 9.18 Å². The van der Waals surface area contributed by atoms with Crippen LogP contribution in [0.5, 0.6) is 5.75 Å². The van der Waals surface area contributed by atoms with E-state index in [2.05, 4.69) is 29.2 Å². The Hall–Kier alpha value is -3.18. The lowest BCUT2D eigenvalue weighted by atomic mass is 10.00. The van der Waals surface area contributed by atoms with Gasteiger partial charge in [-0.3, -0.25) is 9.69 Å². The number of piperidine rings is 1. The van der Waals surface area contributed by atoms with Gasteiger partial charge in [-0.1, -0.05) is 48.5 Å². The quantitative estimate of drug-likeness (QED) is 0.456. The molecular weight excluding hydrogens is 415 g/mol. The minimum Gasteiger partial charge on any atom is -0.494 e. The summed E-state index contributed by atoms with van der Waals surface area (Å²) in [5.41, 5.74) is 2.74. The lowest BCUT2D eigenvalue weighted by Gasteiger charge is -2.39. The zero-order chi connectivity index (χ0) is 23.0. The Balaban J connectivity index is 1.48. The van der Waals surface area contributed by atoms with E-state index in [0.29, 0.717) is 18.7 Å². The molecule has 1 amide bonds. The highest BCUT2D eigenvalue weighted by molar-refractivity contribution is 5.94. The van der Waals surface area contributed by atoms with Crippen LogP contribution < -0.4 is 4.74 Å². The molecule has 3 aromatic carbocycles. The van der Waals surface area contributed by atoms with Crippen LogP contribution in [-0.4, -0.2) is 41.4 Å². The van der Waals surface area contributed by atoms with Crippen LogP contribution in [-0.2, 0) is 13.1 Å². The van der Waals surface area contributed by atoms with Crippen molar-refractivity contribution in [2.75, 3.05) is 19.7 Å². The molecule has 0 aliphatic carbocycles. The van der Waals surface area contributed by atoms with Gasteiger partial charge in [-0.2, -0.15) is 0 Å².